The molecule has 86 valence electrons. The van der Waals surface area contributed by atoms with Crippen molar-refractivity contribution >= 4 is 5.97 Å². The summed E-state index contributed by atoms with van der Waals surface area (Å²) in [4.78, 5) is 11.3. The SMILES string of the molecule is CCOC(=O)CC1CC1c1cccc(O)c1. The molecule has 0 spiro atoms. The lowest BCUT2D eigenvalue weighted by Crippen LogP contribution is -2.04. The van der Waals surface area contributed by atoms with E-state index >= 15 is 0 Å². The quantitative estimate of drug-likeness (QED) is 0.793. The molecule has 1 aliphatic carbocycles. The monoisotopic (exact) mass is 220 g/mol. The summed E-state index contributed by atoms with van der Waals surface area (Å²) < 4.78 is 4.91. The van der Waals surface area contributed by atoms with Gasteiger partial charge in [-0.1, -0.05) is 12.1 Å². The lowest BCUT2D eigenvalue weighted by molar-refractivity contribution is -0.143. The van der Waals surface area contributed by atoms with Crippen molar-refractivity contribution in [2.45, 2.75) is 25.7 Å². The molecule has 0 aliphatic heterocycles. The molecule has 1 fully saturated rings. The third-order valence-corrected chi connectivity index (χ3v) is 2.96. The highest BCUT2D eigenvalue weighted by molar-refractivity contribution is 5.70. The van der Waals surface area contributed by atoms with Gasteiger partial charge in [-0.3, -0.25) is 4.79 Å². The minimum atomic E-state index is -0.116. The summed E-state index contributed by atoms with van der Waals surface area (Å²) in [7, 11) is 0. The smallest absolute Gasteiger partial charge is 0.306 e. The summed E-state index contributed by atoms with van der Waals surface area (Å²) in [5.41, 5.74) is 1.12. The number of phenolic OH excluding ortho intramolecular Hbond substituents is 1. The number of aromatic hydroxyl groups is 1. The van der Waals surface area contributed by atoms with E-state index in [0.29, 0.717) is 30.6 Å². The molecule has 1 aliphatic rings. The van der Waals surface area contributed by atoms with Gasteiger partial charge in [0.05, 0.1) is 6.61 Å². The van der Waals surface area contributed by atoms with Crippen LogP contribution in [0.5, 0.6) is 5.75 Å². The Hall–Kier alpha value is -1.51. The highest BCUT2D eigenvalue weighted by Gasteiger charge is 2.39. The summed E-state index contributed by atoms with van der Waals surface area (Å²) in [5, 5.41) is 9.35. The summed E-state index contributed by atoms with van der Waals surface area (Å²) in [6.45, 7) is 2.26. The van der Waals surface area contributed by atoms with Gasteiger partial charge in [-0.05, 0) is 42.9 Å². The Bertz CT molecular complexity index is 387. The van der Waals surface area contributed by atoms with E-state index in [-0.39, 0.29) is 5.97 Å². The number of ether oxygens (including phenoxy) is 1. The van der Waals surface area contributed by atoms with Gasteiger partial charge in [0.15, 0.2) is 0 Å². The molecule has 2 atom stereocenters. The lowest BCUT2D eigenvalue weighted by Gasteiger charge is -2.02. The Morgan fingerprint density at radius 3 is 3.06 bits per heavy atom. The zero-order valence-corrected chi connectivity index (χ0v) is 9.35. The maximum atomic E-state index is 11.3. The first-order valence-corrected chi connectivity index (χ1v) is 5.65. The van der Waals surface area contributed by atoms with Gasteiger partial charge in [-0.2, -0.15) is 0 Å². The van der Waals surface area contributed by atoms with Crippen LogP contribution in [0.15, 0.2) is 24.3 Å². The van der Waals surface area contributed by atoms with E-state index in [2.05, 4.69) is 0 Å². The molecule has 0 bridgehead atoms. The number of carbonyl (C=O) groups excluding carboxylic acids is 1. The number of hydrogen-bond acceptors (Lipinski definition) is 3. The number of esters is 1. The highest BCUT2D eigenvalue weighted by Crippen LogP contribution is 2.50. The van der Waals surface area contributed by atoms with Gasteiger partial charge >= 0.3 is 5.97 Å². The minimum Gasteiger partial charge on any atom is -0.508 e. The largest absolute Gasteiger partial charge is 0.508 e. The Morgan fingerprint density at radius 1 is 1.56 bits per heavy atom. The van der Waals surface area contributed by atoms with Crippen LogP contribution in [0.3, 0.4) is 0 Å². The Labute approximate surface area is 95.0 Å². The predicted molar refractivity (Wildman–Crippen MR) is 60.2 cm³/mol. The van der Waals surface area contributed by atoms with Crippen molar-refractivity contribution in [1.82, 2.24) is 0 Å². The molecular weight excluding hydrogens is 204 g/mol. The average molecular weight is 220 g/mol. The average Bonchev–Trinajstić information content (AvgIpc) is 2.97. The van der Waals surface area contributed by atoms with Crippen molar-refractivity contribution in [2.75, 3.05) is 6.61 Å². The Balaban J connectivity index is 1.89. The van der Waals surface area contributed by atoms with Gasteiger partial charge in [0.2, 0.25) is 0 Å². The van der Waals surface area contributed by atoms with Crippen LogP contribution in [0.2, 0.25) is 0 Å². The third kappa shape index (κ3) is 2.54. The van der Waals surface area contributed by atoms with E-state index in [1.807, 2.05) is 19.1 Å². The maximum Gasteiger partial charge on any atom is 0.306 e. The molecule has 0 saturated heterocycles. The number of benzene rings is 1. The van der Waals surface area contributed by atoms with Crippen molar-refractivity contribution in [3.8, 4) is 5.75 Å². The zero-order chi connectivity index (χ0) is 11.5. The predicted octanol–water partition coefficient (Wildman–Crippen LogP) is 2.45. The van der Waals surface area contributed by atoms with Gasteiger partial charge in [-0.25, -0.2) is 0 Å². The normalized spacial score (nSPS) is 22.8. The third-order valence-electron chi connectivity index (χ3n) is 2.96. The second kappa shape index (κ2) is 4.56. The van der Waals surface area contributed by atoms with Crippen molar-refractivity contribution < 1.29 is 14.6 Å². The molecule has 1 N–H and O–H groups in total. The fraction of sp³-hybridized carbons (Fsp3) is 0.462. The fourth-order valence-electron chi connectivity index (χ4n) is 2.07. The van der Waals surface area contributed by atoms with Crippen LogP contribution in [-0.2, 0) is 9.53 Å². The van der Waals surface area contributed by atoms with Gasteiger partial charge in [0.25, 0.3) is 0 Å². The molecule has 3 nitrogen and oxygen atoms in total. The van der Waals surface area contributed by atoms with E-state index in [4.69, 9.17) is 4.74 Å². The van der Waals surface area contributed by atoms with Gasteiger partial charge in [0, 0.05) is 6.42 Å². The van der Waals surface area contributed by atoms with E-state index in [1.54, 1.807) is 12.1 Å². The summed E-state index contributed by atoms with van der Waals surface area (Å²) >= 11 is 0. The van der Waals surface area contributed by atoms with Gasteiger partial charge in [0.1, 0.15) is 5.75 Å². The number of hydrogen-bond donors (Lipinski definition) is 1. The lowest BCUT2D eigenvalue weighted by atomic mass is 10.1. The minimum absolute atomic E-state index is 0.116. The van der Waals surface area contributed by atoms with Crippen LogP contribution in [0.1, 0.15) is 31.2 Å². The van der Waals surface area contributed by atoms with Crippen molar-refractivity contribution in [2.24, 2.45) is 5.92 Å². The molecule has 0 amide bonds. The van der Waals surface area contributed by atoms with E-state index in [0.717, 1.165) is 12.0 Å². The number of rotatable bonds is 4. The van der Waals surface area contributed by atoms with Crippen LogP contribution in [0, 0.1) is 5.92 Å². The van der Waals surface area contributed by atoms with Crippen molar-refractivity contribution in [1.29, 1.82) is 0 Å². The Morgan fingerprint density at radius 2 is 2.38 bits per heavy atom. The first-order valence-electron chi connectivity index (χ1n) is 5.65. The molecule has 0 radical (unpaired) electrons. The molecule has 16 heavy (non-hydrogen) atoms. The first-order chi connectivity index (χ1) is 7.70. The van der Waals surface area contributed by atoms with E-state index in [1.165, 1.54) is 0 Å². The van der Waals surface area contributed by atoms with Crippen LogP contribution < -0.4 is 0 Å². The molecule has 1 aromatic rings. The Kier molecular flexibility index (Phi) is 3.13. The first kappa shape index (κ1) is 11.0. The highest BCUT2D eigenvalue weighted by atomic mass is 16.5. The molecule has 0 aromatic heterocycles. The van der Waals surface area contributed by atoms with Crippen LogP contribution in [-0.4, -0.2) is 17.7 Å². The van der Waals surface area contributed by atoms with Crippen LogP contribution in [0.25, 0.3) is 0 Å². The molecule has 1 saturated carbocycles. The summed E-state index contributed by atoms with van der Waals surface area (Å²) in [6, 6.07) is 7.27. The molecule has 0 heterocycles. The van der Waals surface area contributed by atoms with Crippen LogP contribution >= 0.6 is 0 Å². The van der Waals surface area contributed by atoms with Gasteiger partial charge in [-0.15, -0.1) is 0 Å². The molecule has 3 heteroatoms. The molecule has 1 aromatic carbocycles. The summed E-state index contributed by atoms with van der Waals surface area (Å²) in [5.74, 6) is 0.979. The topological polar surface area (TPSA) is 46.5 Å². The maximum absolute atomic E-state index is 11.3. The van der Waals surface area contributed by atoms with Gasteiger partial charge < -0.3 is 9.84 Å². The second-order valence-electron chi connectivity index (χ2n) is 4.21. The molecule has 2 unspecified atom stereocenters. The van der Waals surface area contributed by atoms with E-state index in [9.17, 15) is 9.90 Å². The summed E-state index contributed by atoms with van der Waals surface area (Å²) in [6.07, 6.45) is 1.51. The standard InChI is InChI=1S/C13H16O3/c1-2-16-13(15)8-10-7-12(10)9-4-3-5-11(14)6-9/h3-6,10,12,14H,2,7-8H2,1H3. The number of phenols is 1. The fourth-order valence-corrected chi connectivity index (χ4v) is 2.07. The molecule has 2 rings (SSSR count). The zero-order valence-electron chi connectivity index (χ0n) is 9.35. The van der Waals surface area contributed by atoms with Crippen molar-refractivity contribution in [3.05, 3.63) is 29.8 Å². The second-order valence-corrected chi connectivity index (χ2v) is 4.21. The van der Waals surface area contributed by atoms with E-state index < -0.39 is 0 Å². The van der Waals surface area contributed by atoms with Crippen molar-refractivity contribution in [3.63, 3.8) is 0 Å². The number of carbonyl (C=O) groups is 1. The molecular formula is C13H16O3. The van der Waals surface area contributed by atoms with Crippen LogP contribution in [0.4, 0.5) is 0 Å².